The maximum Gasteiger partial charge on any atom is 0.212 e. The van der Waals surface area contributed by atoms with Crippen molar-refractivity contribution in [3.8, 4) is 17.0 Å². The summed E-state index contributed by atoms with van der Waals surface area (Å²) in [7, 11) is 1.65. The highest BCUT2D eigenvalue weighted by molar-refractivity contribution is 8.14. The van der Waals surface area contributed by atoms with Gasteiger partial charge in [0.15, 0.2) is 0 Å². The Morgan fingerprint density at radius 3 is 2.62 bits per heavy atom. The van der Waals surface area contributed by atoms with Crippen molar-refractivity contribution in [2.75, 3.05) is 12.9 Å². The molecule has 5 heteroatoms. The number of hydrogen-bond donors (Lipinski definition) is 0. The van der Waals surface area contributed by atoms with Crippen molar-refractivity contribution in [1.82, 2.24) is 9.55 Å². The lowest BCUT2D eigenvalue weighted by molar-refractivity contribution is 0.398. The molecular formula is C27H27N3OS. The summed E-state index contributed by atoms with van der Waals surface area (Å²) in [5, 5.41) is 2.44. The fourth-order valence-corrected chi connectivity index (χ4v) is 5.58. The molecule has 4 aromatic rings. The van der Waals surface area contributed by atoms with Crippen LogP contribution in [-0.2, 0) is 13.0 Å². The first-order valence-corrected chi connectivity index (χ1v) is 12.0. The van der Waals surface area contributed by atoms with Crippen LogP contribution in [-0.4, -0.2) is 33.5 Å². The highest BCUT2D eigenvalue weighted by Crippen LogP contribution is 2.37. The number of aromatic nitrogens is 2. The number of nitrogens with zero attached hydrogens (tertiary/aromatic N) is 3. The largest absolute Gasteiger partial charge is 0.481 e. The lowest BCUT2D eigenvalue weighted by atomic mass is 10.0. The second kappa shape index (κ2) is 8.83. The van der Waals surface area contributed by atoms with Gasteiger partial charge in [-0.25, -0.2) is 4.98 Å². The van der Waals surface area contributed by atoms with E-state index in [2.05, 4.69) is 78.0 Å². The predicted molar refractivity (Wildman–Crippen MR) is 135 cm³/mol. The Hall–Kier alpha value is -3.05. The van der Waals surface area contributed by atoms with Crippen LogP contribution in [0.25, 0.3) is 22.0 Å². The van der Waals surface area contributed by atoms with E-state index in [1.165, 1.54) is 33.3 Å². The third-order valence-corrected chi connectivity index (χ3v) is 7.19. The average Bonchev–Trinajstić information content (AvgIpc) is 3.42. The van der Waals surface area contributed by atoms with Gasteiger partial charge >= 0.3 is 0 Å². The molecule has 2 aromatic carbocycles. The molecule has 1 unspecified atom stereocenters. The van der Waals surface area contributed by atoms with Gasteiger partial charge in [0.1, 0.15) is 0 Å². The number of thioether (sulfide) groups is 1. The van der Waals surface area contributed by atoms with Crippen LogP contribution in [0.4, 0.5) is 0 Å². The fraction of sp³-hybridized carbons (Fsp3) is 0.259. The molecule has 5 rings (SSSR count). The van der Waals surface area contributed by atoms with Crippen molar-refractivity contribution in [3.05, 3.63) is 83.7 Å². The minimum absolute atomic E-state index is 0.263. The van der Waals surface area contributed by atoms with Gasteiger partial charge in [-0.2, -0.15) is 0 Å². The molecule has 0 N–H and O–H groups in total. The Labute approximate surface area is 193 Å². The molecule has 0 aliphatic carbocycles. The molecule has 0 fully saturated rings. The van der Waals surface area contributed by atoms with Crippen molar-refractivity contribution in [1.29, 1.82) is 0 Å². The van der Waals surface area contributed by atoms with Crippen molar-refractivity contribution in [2.24, 2.45) is 4.99 Å². The standard InChI is InChI=1S/C27H27N3OS/c1-4-23-26(20-11-13-25(31-3)28-15-20)22-14-18(2)10-12-24(22)30(23)16-21-17-32-27(29-21)19-8-6-5-7-9-19/h5-15,21H,4,16-17H2,1-3H3. The Kier molecular flexibility index (Phi) is 5.75. The summed E-state index contributed by atoms with van der Waals surface area (Å²) in [6.45, 7) is 5.28. The van der Waals surface area contributed by atoms with Gasteiger partial charge in [0, 0.05) is 57.8 Å². The second-order valence-corrected chi connectivity index (χ2v) is 9.17. The molecule has 0 radical (unpaired) electrons. The van der Waals surface area contributed by atoms with Crippen molar-refractivity contribution < 1.29 is 4.74 Å². The average molecular weight is 442 g/mol. The van der Waals surface area contributed by atoms with Gasteiger partial charge in [-0.3, -0.25) is 4.99 Å². The first-order chi connectivity index (χ1) is 15.7. The number of aryl methyl sites for hydroxylation is 1. The number of ether oxygens (including phenoxy) is 1. The molecule has 1 aliphatic rings. The van der Waals surface area contributed by atoms with Crippen LogP contribution >= 0.6 is 11.8 Å². The highest BCUT2D eigenvalue weighted by atomic mass is 32.2. The van der Waals surface area contributed by atoms with Crippen LogP contribution in [0.2, 0.25) is 0 Å². The third-order valence-electron chi connectivity index (χ3n) is 6.02. The first kappa shape index (κ1) is 20.8. The van der Waals surface area contributed by atoms with Crippen molar-refractivity contribution >= 4 is 27.7 Å². The van der Waals surface area contributed by atoms with Crippen LogP contribution in [0.5, 0.6) is 5.88 Å². The van der Waals surface area contributed by atoms with E-state index in [1.807, 2.05) is 24.0 Å². The number of rotatable bonds is 6. The van der Waals surface area contributed by atoms with E-state index in [0.29, 0.717) is 5.88 Å². The second-order valence-electron chi connectivity index (χ2n) is 8.16. The molecule has 32 heavy (non-hydrogen) atoms. The zero-order chi connectivity index (χ0) is 22.1. The van der Waals surface area contributed by atoms with Crippen LogP contribution in [0.1, 0.15) is 23.7 Å². The van der Waals surface area contributed by atoms with Crippen LogP contribution in [0.3, 0.4) is 0 Å². The molecule has 162 valence electrons. The van der Waals surface area contributed by atoms with Gasteiger partial charge in [0.05, 0.1) is 18.2 Å². The maximum atomic E-state index is 5.28. The summed E-state index contributed by atoms with van der Waals surface area (Å²) in [4.78, 5) is 9.57. The maximum absolute atomic E-state index is 5.28. The van der Waals surface area contributed by atoms with Crippen LogP contribution in [0, 0.1) is 6.92 Å². The summed E-state index contributed by atoms with van der Waals surface area (Å²) in [5.41, 5.74) is 7.50. The number of hydrogen-bond acceptors (Lipinski definition) is 4. The summed E-state index contributed by atoms with van der Waals surface area (Å²) < 4.78 is 7.76. The Bertz CT molecular complexity index is 1280. The normalized spacial score (nSPS) is 15.8. The minimum atomic E-state index is 0.263. The smallest absolute Gasteiger partial charge is 0.212 e. The van der Waals surface area contributed by atoms with E-state index in [4.69, 9.17) is 9.73 Å². The zero-order valence-electron chi connectivity index (χ0n) is 18.7. The van der Waals surface area contributed by atoms with E-state index in [0.717, 1.165) is 29.3 Å². The molecule has 0 spiro atoms. The number of fused-ring (bicyclic) bond motifs is 1. The SMILES string of the molecule is CCc1c(-c2ccc(OC)nc2)c2cc(C)ccc2n1CC1CSC(c2ccccc2)=N1. The number of methoxy groups -OCH3 is 1. The third kappa shape index (κ3) is 3.82. The highest BCUT2D eigenvalue weighted by Gasteiger charge is 2.24. The molecule has 0 saturated carbocycles. The molecule has 1 atom stereocenters. The zero-order valence-corrected chi connectivity index (χ0v) is 19.5. The van der Waals surface area contributed by atoms with E-state index >= 15 is 0 Å². The van der Waals surface area contributed by atoms with E-state index in [9.17, 15) is 0 Å². The van der Waals surface area contributed by atoms with Crippen molar-refractivity contribution in [2.45, 2.75) is 32.9 Å². The topological polar surface area (TPSA) is 39.4 Å². The van der Waals surface area contributed by atoms with Gasteiger partial charge in [0.25, 0.3) is 0 Å². The molecule has 0 saturated heterocycles. The summed E-state index contributed by atoms with van der Waals surface area (Å²) in [6.07, 6.45) is 2.88. The van der Waals surface area contributed by atoms with Gasteiger partial charge < -0.3 is 9.30 Å². The minimum Gasteiger partial charge on any atom is -0.481 e. The number of pyridine rings is 1. The molecular weight excluding hydrogens is 414 g/mol. The van der Waals surface area contributed by atoms with Gasteiger partial charge in [-0.15, -0.1) is 11.8 Å². The van der Waals surface area contributed by atoms with E-state index in [1.54, 1.807) is 7.11 Å². The monoisotopic (exact) mass is 441 g/mol. The van der Waals surface area contributed by atoms with E-state index in [-0.39, 0.29) is 6.04 Å². The molecule has 3 heterocycles. The van der Waals surface area contributed by atoms with E-state index < -0.39 is 0 Å². The van der Waals surface area contributed by atoms with Gasteiger partial charge in [-0.1, -0.05) is 48.9 Å². The van der Waals surface area contributed by atoms with Gasteiger partial charge in [-0.05, 0) is 31.5 Å². The molecule has 0 amide bonds. The number of aliphatic imine (C=N–C) groups is 1. The Morgan fingerprint density at radius 2 is 1.91 bits per heavy atom. The summed E-state index contributed by atoms with van der Waals surface area (Å²) >= 11 is 1.86. The Morgan fingerprint density at radius 1 is 1.06 bits per heavy atom. The first-order valence-electron chi connectivity index (χ1n) is 11.1. The summed E-state index contributed by atoms with van der Waals surface area (Å²) in [6, 6.07) is 21.6. The fourth-order valence-electron chi connectivity index (χ4n) is 4.53. The Balaban J connectivity index is 1.58. The van der Waals surface area contributed by atoms with Crippen molar-refractivity contribution in [3.63, 3.8) is 0 Å². The number of benzene rings is 2. The molecule has 2 aromatic heterocycles. The lowest BCUT2D eigenvalue weighted by Gasteiger charge is -2.14. The predicted octanol–water partition coefficient (Wildman–Crippen LogP) is 6.14. The lowest BCUT2D eigenvalue weighted by Crippen LogP contribution is -2.16. The molecule has 0 bridgehead atoms. The summed E-state index contributed by atoms with van der Waals surface area (Å²) in [5.74, 6) is 1.65. The van der Waals surface area contributed by atoms with Crippen LogP contribution < -0.4 is 4.74 Å². The van der Waals surface area contributed by atoms with Gasteiger partial charge in [0.2, 0.25) is 5.88 Å². The molecule has 4 nitrogen and oxygen atoms in total. The quantitative estimate of drug-likeness (QED) is 0.360. The molecule has 1 aliphatic heterocycles. The van der Waals surface area contributed by atoms with Crippen LogP contribution in [0.15, 0.2) is 71.9 Å².